The lowest BCUT2D eigenvalue weighted by molar-refractivity contribution is 0.0694. The molecule has 112 valence electrons. The maximum Gasteiger partial charge on any atom is 0.339 e. The number of aromatic carboxylic acids is 1. The van der Waals surface area contributed by atoms with Gasteiger partial charge >= 0.3 is 5.97 Å². The summed E-state index contributed by atoms with van der Waals surface area (Å²) < 4.78 is 6.72. The van der Waals surface area contributed by atoms with E-state index in [4.69, 9.17) is 32.7 Å². The van der Waals surface area contributed by atoms with Gasteiger partial charge in [0.05, 0.1) is 11.6 Å². The number of furan rings is 1. The van der Waals surface area contributed by atoms with Gasteiger partial charge in [-0.05, 0) is 19.1 Å². The summed E-state index contributed by atoms with van der Waals surface area (Å²) in [6.07, 6.45) is 0. The molecule has 2 rings (SSSR count). The summed E-state index contributed by atoms with van der Waals surface area (Å²) in [7, 11) is 1.61. The fourth-order valence-corrected chi connectivity index (χ4v) is 2.24. The smallest absolute Gasteiger partial charge is 0.339 e. The number of aromatic nitrogens is 1. The van der Waals surface area contributed by atoms with Crippen molar-refractivity contribution in [2.75, 3.05) is 0 Å². The third-order valence-electron chi connectivity index (χ3n) is 2.97. The Bertz CT molecular complexity index is 718. The minimum Gasteiger partial charge on any atom is -0.478 e. The predicted molar refractivity (Wildman–Crippen MR) is 77.0 cm³/mol. The Hall–Kier alpha value is -1.92. The molecule has 0 aliphatic rings. The molecule has 0 atom stereocenters. The van der Waals surface area contributed by atoms with E-state index in [0.717, 1.165) is 0 Å². The Labute approximate surface area is 130 Å². The van der Waals surface area contributed by atoms with Crippen LogP contribution < -0.4 is 5.32 Å². The van der Waals surface area contributed by atoms with Crippen molar-refractivity contribution in [2.24, 2.45) is 7.05 Å². The molecule has 0 aliphatic heterocycles. The molecule has 2 aromatic rings. The summed E-state index contributed by atoms with van der Waals surface area (Å²) in [5, 5.41) is 12.1. The van der Waals surface area contributed by atoms with Crippen LogP contribution in [0.2, 0.25) is 10.2 Å². The highest BCUT2D eigenvalue weighted by Crippen LogP contribution is 2.25. The molecule has 0 fully saturated rings. The van der Waals surface area contributed by atoms with Gasteiger partial charge in [-0.25, -0.2) is 4.79 Å². The van der Waals surface area contributed by atoms with Gasteiger partial charge in [-0.15, -0.1) is 0 Å². The van der Waals surface area contributed by atoms with E-state index in [2.05, 4.69) is 5.32 Å². The van der Waals surface area contributed by atoms with Crippen molar-refractivity contribution in [3.63, 3.8) is 0 Å². The first-order valence-electron chi connectivity index (χ1n) is 5.92. The van der Waals surface area contributed by atoms with E-state index in [1.807, 2.05) is 0 Å². The minimum absolute atomic E-state index is 0.0629. The van der Waals surface area contributed by atoms with Crippen LogP contribution in [0.5, 0.6) is 0 Å². The first-order chi connectivity index (χ1) is 9.81. The number of hydrogen-bond donors (Lipinski definition) is 2. The van der Waals surface area contributed by atoms with Gasteiger partial charge in [-0.3, -0.25) is 4.79 Å². The van der Waals surface area contributed by atoms with Crippen LogP contribution in [-0.2, 0) is 13.6 Å². The van der Waals surface area contributed by atoms with Crippen molar-refractivity contribution in [3.8, 4) is 0 Å². The summed E-state index contributed by atoms with van der Waals surface area (Å²) in [6.45, 7) is 1.61. The topological polar surface area (TPSA) is 84.5 Å². The third-order valence-corrected chi connectivity index (χ3v) is 3.81. The second kappa shape index (κ2) is 5.83. The van der Waals surface area contributed by atoms with Crippen molar-refractivity contribution in [3.05, 3.63) is 45.1 Å². The minimum atomic E-state index is -1.07. The van der Waals surface area contributed by atoms with Crippen LogP contribution >= 0.6 is 23.2 Å². The van der Waals surface area contributed by atoms with Crippen LogP contribution in [0.15, 0.2) is 16.5 Å². The summed E-state index contributed by atoms with van der Waals surface area (Å²) in [4.78, 5) is 22.9. The number of carbonyl (C=O) groups is 2. The third kappa shape index (κ3) is 3.06. The molecular formula is C13H12Cl2N2O4. The van der Waals surface area contributed by atoms with E-state index in [9.17, 15) is 9.59 Å². The Kier molecular flexibility index (Phi) is 4.29. The van der Waals surface area contributed by atoms with Crippen molar-refractivity contribution in [1.29, 1.82) is 0 Å². The number of rotatable bonds is 4. The standard InChI is InChI=1S/C13H12Cl2N2O4/c1-6-8(13(19)20)3-7(21-6)5-16-12(18)10-4-9(14)11(15)17(10)2/h3-4H,5H2,1-2H3,(H,16,18)(H,19,20). The number of nitrogens with one attached hydrogen (secondary N) is 1. The fraction of sp³-hybridized carbons (Fsp3) is 0.231. The summed E-state index contributed by atoms with van der Waals surface area (Å²) >= 11 is 11.7. The maximum absolute atomic E-state index is 12.0. The monoisotopic (exact) mass is 330 g/mol. The van der Waals surface area contributed by atoms with Crippen molar-refractivity contribution in [1.82, 2.24) is 9.88 Å². The van der Waals surface area contributed by atoms with Gasteiger partial charge in [-0.2, -0.15) is 0 Å². The molecule has 0 unspecified atom stereocenters. The van der Waals surface area contributed by atoms with Gasteiger partial charge in [-0.1, -0.05) is 23.2 Å². The van der Waals surface area contributed by atoms with E-state index in [0.29, 0.717) is 11.5 Å². The molecule has 0 bridgehead atoms. The van der Waals surface area contributed by atoms with Gasteiger partial charge in [0, 0.05) is 7.05 Å². The zero-order valence-corrected chi connectivity index (χ0v) is 12.7. The van der Waals surface area contributed by atoms with E-state index in [1.54, 1.807) is 14.0 Å². The summed E-state index contributed by atoms with van der Waals surface area (Å²) in [6, 6.07) is 2.83. The highest BCUT2D eigenvalue weighted by atomic mass is 35.5. The van der Waals surface area contributed by atoms with Crippen LogP contribution in [0.4, 0.5) is 0 Å². The average Bonchev–Trinajstić information content (AvgIpc) is 2.92. The molecule has 1 amide bonds. The second-order valence-electron chi connectivity index (χ2n) is 4.40. The molecule has 0 aliphatic carbocycles. The fourth-order valence-electron chi connectivity index (χ4n) is 1.86. The molecule has 2 heterocycles. The quantitative estimate of drug-likeness (QED) is 0.902. The SMILES string of the molecule is Cc1oc(CNC(=O)c2cc(Cl)c(Cl)n2C)cc1C(=O)O. The number of hydrogen-bond acceptors (Lipinski definition) is 3. The molecule has 21 heavy (non-hydrogen) atoms. The zero-order chi connectivity index (χ0) is 15.7. The highest BCUT2D eigenvalue weighted by molar-refractivity contribution is 6.41. The molecule has 6 nitrogen and oxygen atoms in total. The van der Waals surface area contributed by atoms with E-state index >= 15 is 0 Å². The Morgan fingerprint density at radius 1 is 1.38 bits per heavy atom. The lowest BCUT2D eigenvalue weighted by atomic mass is 10.2. The number of amides is 1. The van der Waals surface area contributed by atoms with Gasteiger partial charge < -0.3 is 19.4 Å². The van der Waals surface area contributed by atoms with Crippen LogP contribution in [0.3, 0.4) is 0 Å². The number of carbonyl (C=O) groups excluding carboxylic acids is 1. The van der Waals surface area contributed by atoms with Gasteiger partial charge in [0.25, 0.3) is 5.91 Å². The van der Waals surface area contributed by atoms with Crippen LogP contribution in [0.25, 0.3) is 0 Å². The van der Waals surface area contributed by atoms with Crippen LogP contribution in [0.1, 0.15) is 32.4 Å². The first-order valence-corrected chi connectivity index (χ1v) is 6.68. The molecule has 0 spiro atoms. The second-order valence-corrected chi connectivity index (χ2v) is 5.16. The number of carboxylic acids is 1. The van der Waals surface area contributed by atoms with Crippen molar-refractivity contribution < 1.29 is 19.1 Å². The van der Waals surface area contributed by atoms with E-state index in [-0.39, 0.29) is 28.0 Å². The van der Waals surface area contributed by atoms with Gasteiger partial charge in [0.1, 0.15) is 27.9 Å². The van der Waals surface area contributed by atoms with Crippen LogP contribution in [-0.4, -0.2) is 21.6 Å². The predicted octanol–water partition coefficient (Wildman–Crippen LogP) is 2.86. The molecular weight excluding hydrogens is 319 g/mol. The molecule has 8 heteroatoms. The zero-order valence-electron chi connectivity index (χ0n) is 11.2. The number of carboxylic acid groups (broad SMARTS) is 1. The van der Waals surface area contributed by atoms with Crippen molar-refractivity contribution >= 4 is 35.1 Å². The maximum atomic E-state index is 12.0. The lowest BCUT2D eigenvalue weighted by Gasteiger charge is -2.04. The van der Waals surface area contributed by atoms with Gasteiger partial charge in [0.15, 0.2) is 0 Å². The average molecular weight is 331 g/mol. The lowest BCUT2D eigenvalue weighted by Crippen LogP contribution is -2.24. The first kappa shape index (κ1) is 15.5. The number of halogens is 2. The summed E-state index contributed by atoms with van der Waals surface area (Å²) in [5.74, 6) is -0.826. The molecule has 2 aromatic heterocycles. The Morgan fingerprint density at radius 2 is 2.05 bits per heavy atom. The molecule has 0 aromatic carbocycles. The normalized spacial score (nSPS) is 10.7. The number of nitrogens with zero attached hydrogens (tertiary/aromatic N) is 1. The summed E-state index contributed by atoms with van der Waals surface area (Å²) in [5.41, 5.74) is 0.371. The van der Waals surface area contributed by atoms with E-state index in [1.165, 1.54) is 16.7 Å². The van der Waals surface area contributed by atoms with Crippen LogP contribution in [0, 0.1) is 6.92 Å². The molecule has 2 N–H and O–H groups in total. The highest BCUT2D eigenvalue weighted by Gasteiger charge is 2.17. The van der Waals surface area contributed by atoms with Gasteiger partial charge in [0.2, 0.25) is 0 Å². The largest absolute Gasteiger partial charge is 0.478 e. The number of aryl methyl sites for hydroxylation is 1. The Balaban J connectivity index is 2.09. The molecule has 0 saturated heterocycles. The van der Waals surface area contributed by atoms with E-state index < -0.39 is 11.9 Å². The molecule has 0 saturated carbocycles. The Morgan fingerprint density at radius 3 is 2.52 bits per heavy atom. The van der Waals surface area contributed by atoms with Crippen molar-refractivity contribution in [2.45, 2.75) is 13.5 Å². The molecule has 0 radical (unpaired) electrons.